The summed E-state index contributed by atoms with van der Waals surface area (Å²) in [5, 5.41) is 12.1. The summed E-state index contributed by atoms with van der Waals surface area (Å²) in [7, 11) is -3.59. The minimum absolute atomic E-state index is 0.135. The van der Waals surface area contributed by atoms with Crippen molar-refractivity contribution in [2.24, 2.45) is 5.92 Å². The van der Waals surface area contributed by atoms with Gasteiger partial charge in [-0.2, -0.15) is 13.2 Å². The van der Waals surface area contributed by atoms with Crippen molar-refractivity contribution in [1.29, 1.82) is 0 Å². The van der Waals surface area contributed by atoms with Gasteiger partial charge in [-0.15, -0.1) is 0 Å². The maximum Gasteiger partial charge on any atom is 0.501 e. The van der Waals surface area contributed by atoms with E-state index >= 15 is 0 Å². The van der Waals surface area contributed by atoms with Crippen LogP contribution in [0, 0.1) is 5.92 Å². The molecule has 1 aliphatic carbocycles. The van der Waals surface area contributed by atoms with Crippen LogP contribution in [0.1, 0.15) is 35.2 Å². The fourth-order valence-electron chi connectivity index (χ4n) is 4.33. The lowest BCUT2D eigenvalue weighted by Gasteiger charge is -2.41. The van der Waals surface area contributed by atoms with Gasteiger partial charge in [-0.3, -0.25) is 4.98 Å². The summed E-state index contributed by atoms with van der Waals surface area (Å²) in [5.74, 6) is -0.329. The molecule has 1 aliphatic heterocycles. The largest absolute Gasteiger partial charge is 0.501 e. The summed E-state index contributed by atoms with van der Waals surface area (Å²) in [6.45, 7) is 1.41. The summed E-state index contributed by atoms with van der Waals surface area (Å²) in [5.41, 5.74) is -5.56. The van der Waals surface area contributed by atoms with Gasteiger partial charge in [0, 0.05) is 12.1 Å². The van der Waals surface area contributed by atoms with E-state index < -0.39 is 25.8 Å². The molecule has 2 heterocycles. The molecule has 30 heavy (non-hydrogen) atoms. The number of hydrogen-bond acceptors (Lipinski definition) is 5. The number of sulfone groups is 1. The minimum Gasteiger partial charge on any atom is -0.378 e. The van der Waals surface area contributed by atoms with Gasteiger partial charge in [0.25, 0.3) is 9.84 Å². The number of fused-ring (bicyclic) bond motifs is 2. The average Bonchev–Trinajstić information content (AvgIpc) is 2.83. The monoisotopic (exact) mass is 438 g/mol. The van der Waals surface area contributed by atoms with Crippen molar-refractivity contribution >= 4 is 22.0 Å². The Labute approximate surface area is 172 Å². The average molecular weight is 438 g/mol. The molecule has 1 unspecified atom stereocenters. The maximum atomic E-state index is 13.2. The molecule has 160 valence electrons. The van der Waals surface area contributed by atoms with Crippen LogP contribution in [-0.4, -0.2) is 49.1 Å². The highest BCUT2D eigenvalue weighted by molar-refractivity contribution is 7.92. The summed E-state index contributed by atoms with van der Waals surface area (Å²) < 4.78 is 63.6. The van der Waals surface area contributed by atoms with Gasteiger partial charge in [0.05, 0.1) is 10.6 Å². The number of halogens is 3. The van der Waals surface area contributed by atoms with E-state index in [9.17, 15) is 26.7 Å². The second kappa shape index (κ2) is 7.18. The van der Waals surface area contributed by atoms with Crippen LogP contribution < -0.4 is 0 Å². The van der Waals surface area contributed by atoms with E-state index in [1.165, 1.54) is 12.3 Å². The first-order valence-electron chi connectivity index (χ1n) is 9.55. The van der Waals surface area contributed by atoms with E-state index in [2.05, 4.69) is 9.88 Å². The number of rotatable bonds is 2. The highest BCUT2D eigenvalue weighted by Crippen LogP contribution is 2.46. The number of hydrogen-bond donors (Lipinski definition) is 1. The number of piperidine rings is 1. The Morgan fingerprint density at radius 3 is 2.47 bits per heavy atom. The van der Waals surface area contributed by atoms with Crippen LogP contribution in [0.25, 0.3) is 12.2 Å². The molecule has 1 aromatic carbocycles. The van der Waals surface area contributed by atoms with E-state index in [0.717, 1.165) is 12.1 Å². The van der Waals surface area contributed by atoms with Gasteiger partial charge in [-0.25, -0.2) is 8.42 Å². The number of alkyl halides is 3. The number of aromatic nitrogens is 1. The van der Waals surface area contributed by atoms with Crippen molar-refractivity contribution in [3.05, 3.63) is 58.9 Å². The zero-order valence-electron chi connectivity index (χ0n) is 16.2. The lowest BCUT2D eigenvalue weighted by molar-refractivity contribution is -0.0437. The normalized spacial score (nSPS) is 23.0. The molecular weight excluding hydrogens is 417 g/mol. The lowest BCUT2D eigenvalue weighted by Crippen LogP contribution is -2.44. The summed E-state index contributed by atoms with van der Waals surface area (Å²) in [6, 6.07) is 6.71. The van der Waals surface area contributed by atoms with Crippen LogP contribution in [0.2, 0.25) is 0 Å². The lowest BCUT2D eigenvalue weighted by atomic mass is 9.72. The highest BCUT2D eigenvalue weighted by atomic mass is 32.2. The van der Waals surface area contributed by atoms with E-state index in [1.807, 2.05) is 7.05 Å². The van der Waals surface area contributed by atoms with E-state index in [4.69, 9.17) is 0 Å². The van der Waals surface area contributed by atoms with Gasteiger partial charge >= 0.3 is 5.51 Å². The molecule has 5 nitrogen and oxygen atoms in total. The summed E-state index contributed by atoms with van der Waals surface area (Å²) >= 11 is 0. The maximum absolute atomic E-state index is 13.2. The first kappa shape index (κ1) is 21.0. The first-order chi connectivity index (χ1) is 14.0. The van der Waals surface area contributed by atoms with Crippen molar-refractivity contribution in [3.8, 4) is 0 Å². The van der Waals surface area contributed by atoms with Gasteiger partial charge in [0.15, 0.2) is 0 Å². The van der Waals surface area contributed by atoms with Crippen molar-refractivity contribution in [3.63, 3.8) is 0 Å². The predicted octanol–water partition coefficient (Wildman–Crippen LogP) is 3.44. The fraction of sp³-hybridized carbons (Fsp3) is 0.381. The zero-order valence-corrected chi connectivity index (χ0v) is 17.0. The van der Waals surface area contributed by atoms with Crippen molar-refractivity contribution in [2.75, 3.05) is 20.1 Å². The number of nitrogens with zero attached hydrogens (tertiary/aromatic N) is 2. The summed E-state index contributed by atoms with van der Waals surface area (Å²) in [6.07, 6.45) is 6.13. The SMILES string of the molecule is CN1CCC(C2(O)c3cc(S(=O)(=O)C(F)(F)F)ccc3C=Cc3cccnc32)CC1. The van der Waals surface area contributed by atoms with Crippen LogP contribution in [0.15, 0.2) is 41.4 Å². The second-order valence-electron chi connectivity index (χ2n) is 7.82. The van der Waals surface area contributed by atoms with Gasteiger partial charge in [-0.05, 0) is 67.9 Å². The molecule has 1 N–H and O–H groups in total. The Hall–Kier alpha value is -2.23. The van der Waals surface area contributed by atoms with Crippen molar-refractivity contribution < 1.29 is 26.7 Å². The van der Waals surface area contributed by atoms with Crippen LogP contribution in [0.5, 0.6) is 0 Å². The number of aliphatic hydroxyl groups is 1. The smallest absolute Gasteiger partial charge is 0.378 e. The molecule has 1 aromatic heterocycles. The fourth-order valence-corrected chi connectivity index (χ4v) is 5.12. The summed E-state index contributed by atoms with van der Waals surface area (Å²) in [4.78, 5) is 5.61. The van der Waals surface area contributed by atoms with Crippen LogP contribution >= 0.6 is 0 Å². The van der Waals surface area contributed by atoms with Gasteiger partial charge in [0.2, 0.25) is 0 Å². The number of benzene rings is 1. The molecule has 4 rings (SSSR count). The molecule has 0 spiro atoms. The predicted molar refractivity (Wildman–Crippen MR) is 106 cm³/mol. The quantitative estimate of drug-likeness (QED) is 0.778. The Morgan fingerprint density at radius 1 is 1.13 bits per heavy atom. The molecule has 0 bridgehead atoms. The molecule has 1 fully saturated rings. The van der Waals surface area contributed by atoms with Gasteiger partial charge in [0.1, 0.15) is 5.60 Å². The zero-order chi connectivity index (χ0) is 21.7. The minimum atomic E-state index is -5.55. The molecule has 9 heteroatoms. The second-order valence-corrected chi connectivity index (χ2v) is 9.76. The highest BCUT2D eigenvalue weighted by Gasteiger charge is 2.49. The third-order valence-electron chi connectivity index (χ3n) is 6.00. The molecular formula is C21H21F3N2O3S. The first-order valence-corrected chi connectivity index (χ1v) is 11.0. The van der Waals surface area contributed by atoms with Crippen molar-refractivity contribution in [2.45, 2.75) is 28.8 Å². The molecule has 1 saturated heterocycles. The molecule has 1 atom stereocenters. The van der Waals surface area contributed by atoms with E-state index in [-0.39, 0.29) is 11.5 Å². The Kier molecular flexibility index (Phi) is 5.03. The van der Waals surface area contributed by atoms with E-state index in [0.29, 0.717) is 42.8 Å². The molecule has 2 aromatic rings. The molecule has 0 saturated carbocycles. The Morgan fingerprint density at radius 2 is 1.80 bits per heavy atom. The Bertz CT molecular complexity index is 1110. The molecule has 0 radical (unpaired) electrons. The number of pyridine rings is 1. The van der Waals surface area contributed by atoms with Crippen molar-refractivity contribution in [1.82, 2.24) is 9.88 Å². The molecule has 2 aliphatic rings. The van der Waals surface area contributed by atoms with Crippen LogP contribution in [0.3, 0.4) is 0 Å². The van der Waals surface area contributed by atoms with Gasteiger partial charge < -0.3 is 10.0 Å². The topological polar surface area (TPSA) is 70.5 Å². The number of likely N-dealkylation sites (tertiary alicyclic amines) is 1. The third-order valence-corrected chi connectivity index (χ3v) is 7.49. The standard InChI is InChI=1S/C21H21F3N2O3S/c1-26-11-8-16(9-12-26)20(27)18-13-17(30(28,29)21(22,23)24)7-6-14(18)4-5-15-3-2-10-25-19(15)20/h2-7,10,13,16,27H,8-9,11-12H2,1H3. The van der Waals surface area contributed by atoms with E-state index in [1.54, 1.807) is 24.3 Å². The molecule has 0 amide bonds. The van der Waals surface area contributed by atoms with Gasteiger partial charge in [-0.1, -0.05) is 24.3 Å². The van der Waals surface area contributed by atoms with Crippen LogP contribution in [0.4, 0.5) is 13.2 Å². The van der Waals surface area contributed by atoms with Crippen LogP contribution in [-0.2, 0) is 15.4 Å². The third kappa shape index (κ3) is 3.25. The Balaban J connectivity index is 1.96.